The third-order valence-corrected chi connectivity index (χ3v) is 2.02. The molecule has 0 amide bonds. The van der Waals surface area contributed by atoms with Crippen LogP contribution in [0.15, 0.2) is 18.2 Å². The molecule has 0 aromatic heterocycles. The van der Waals surface area contributed by atoms with Crippen molar-refractivity contribution in [3.05, 3.63) is 29.3 Å². The number of rotatable bonds is 2. The van der Waals surface area contributed by atoms with E-state index in [1.54, 1.807) is 19.1 Å². The van der Waals surface area contributed by atoms with E-state index >= 15 is 0 Å². The third-order valence-electron chi connectivity index (χ3n) is 2.02. The molecule has 1 rings (SSSR count). The van der Waals surface area contributed by atoms with Gasteiger partial charge in [0.2, 0.25) is 0 Å². The van der Waals surface area contributed by atoms with Crippen LogP contribution in [0.25, 0.3) is 0 Å². The van der Waals surface area contributed by atoms with Crippen molar-refractivity contribution in [3.63, 3.8) is 0 Å². The zero-order valence-corrected chi connectivity index (χ0v) is 10.1. The Hall–Kier alpha value is -2.48. The van der Waals surface area contributed by atoms with Crippen molar-refractivity contribution < 1.29 is 19.1 Å². The fourth-order valence-corrected chi connectivity index (χ4v) is 1.24. The quantitative estimate of drug-likeness (QED) is 0.478. The monoisotopic (exact) mass is 247 g/mol. The molecule has 1 aromatic rings. The van der Waals surface area contributed by atoms with Crippen molar-refractivity contribution in [2.24, 2.45) is 0 Å². The Morgan fingerprint density at radius 3 is 2.72 bits per heavy atom. The van der Waals surface area contributed by atoms with Crippen LogP contribution in [0.3, 0.4) is 0 Å². The maximum Gasteiger partial charge on any atom is 0.384 e. The van der Waals surface area contributed by atoms with Gasteiger partial charge in [0.25, 0.3) is 0 Å². The Labute approximate surface area is 105 Å². The van der Waals surface area contributed by atoms with Crippen molar-refractivity contribution in [1.29, 1.82) is 0 Å². The van der Waals surface area contributed by atoms with Crippen LogP contribution in [-0.4, -0.2) is 25.7 Å². The number of carbonyl (C=O) groups is 2. The number of carbonyl (C=O) groups excluding carboxylic acids is 2. The summed E-state index contributed by atoms with van der Waals surface area (Å²) in [6.07, 6.45) is 0. The first-order valence-electron chi connectivity index (χ1n) is 5.25. The van der Waals surface area contributed by atoms with Gasteiger partial charge in [-0.25, -0.2) is 9.59 Å². The molecular weight excluding hydrogens is 234 g/mol. The number of methoxy groups -OCH3 is 1. The first-order valence-corrected chi connectivity index (χ1v) is 5.25. The van der Waals surface area contributed by atoms with Crippen LogP contribution in [-0.2, 0) is 14.3 Å². The third kappa shape index (κ3) is 3.52. The molecule has 0 aliphatic rings. The average molecular weight is 247 g/mol. The summed E-state index contributed by atoms with van der Waals surface area (Å²) >= 11 is 0. The average Bonchev–Trinajstić information content (AvgIpc) is 2.36. The van der Waals surface area contributed by atoms with Gasteiger partial charge in [0.1, 0.15) is 0 Å². The van der Waals surface area contributed by atoms with Gasteiger partial charge in [-0.05, 0) is 25.1 Å². The summed E-state index contributed by atoms with van der Waals surface area (Å²) in [6.45, 7) is 1.93. The van der Waals surface area contributed by atoms with E-state index in [0.29, 0.717) is 11.3 Å². The zero-order valence-electron chi connectivity index (χ0n) is 10.1. The van der Waals surface area contributed by atoms with Crippen molar-refractivity contribution >= 4 is 17.6 Å². The molecule has 0 saturated heterocycles. The van der Waals surface area contributed by atoms with Gasteiger partial charge in [0.05, 0.1) is 19.3 Å². The first-order chi connectivity index (χ1) is 8.58. The van der Waals surface area contributed by atoms with E-state index < -0.39 is 11.9 Å². The normalized spacial score (nSPS) is 9.00. The lowest BCUT2D eigenvalue weighted by molar-refractivity contribution is -0.136. The fraction of sp³-hybridized carbons (Fsp3) is 0.231. The summed E-state index contributed by atoms with van der Waals surface area (Å²) in [6, 6.07) is 4.58. The highest BCUT2D eigenvalue weighted by Gasteiger charge is 2.10. The Morgan fingerprint density at radius 1 is 1.39 bits per heavy atom. The summed E-state index contributed by atoms with van der Waals surface area (Å²) in [4.78, 5) is 22.6. The maximum atomic E-state index is 11.5. The second-order valence-corrected chi connectivity index (χ2v) is 3.27. The molecule has 0 unspecified atom stereocenters. The van der Waals surface area contributed by atoms with Crippen molar-refractivity contribution in [1.82, 2.24) is 0 Å². The number of nitrogens with two attached hydrogens (primary N) is 1. The predicted octanol–water partition coefficient (Wildman–Crippen LogP) is 0.970. The first kappa shape index (κ1) is 13.6. The van der Waals surface area contributed by atoms with E-state index in [2.05, 4.69) is 21.3 Å². The van der Waals surface area contributed by atoms with Crippen LogP contribution in [0.4, 0.5) is 5.69 Å². The number of ether oxygens (including phenoxy) is 2. The summed E-state index contributed by atoms with van der Waals surface area (Å²) < 4.78 is 9.27. The Morgan fingerprint density at radius 2 is 2.11 bits per heavy atom. The van der Waals surface area contributed by atoms with E-state index in [1.807, 2.05) is 0 Å². The SMILES string of the molecule is CCOC(=O)C#Cc1ccc(N)cc1C(=O)OC. The summed E-state index contributed by atoms with van der Waals surface area (Å²) in [5.41, 5.74) is 6.57. The largest absolute Gasteiger partial charge is 0.465 e. The smallest absolute Gasteiger partial charge is 0.384 e. The second-order valence-electron chi connectivity index (χ2n) is 3.27. The fourth-order valence-electron chi connectivity index (χ4n) is 1.24. The number of nitrogen functional groups attached to an aromatic ring is 1. The zero-order chi connectivity index (χ0) is 13.5. The molecular formula is C13H13NO4. The molecule has 0 fully saturated rings. The van der Waals surface area contributed by atoms with E-state index in [0.717, 1.165) is 0 Å². The summed E-state index contributed by atoms with van der Waals surface area (Å²) in [5.74, 6) is 3.63. The molecule has 0 bridgehead atoms. The summed E-state index contributed by atoms with van der Waals surface area (Å²) in [5, 5.41) is 0. The van der Waals surface area contributed by atoms with Gasteiger partial charge in [-0.15, -0.1) is 0 Å². The van der Waals surface area contributed by atoms with Crippen LogP contribution in [0.1, 0.15) is 22.8 Å². The van der Waals surface area contributed by atoms with Gasteiger partial charge in [-0.3, -0.25) is 0 Å². The highest BCUT2D eigenvalue weighted by Crippen LogP contribution is 2.13. The molecule has 5 nitrogen and oxygen atoms in total. The molecule has 2 N–H and O–H groups in total. The number of hydrogen-bond acceptors (Lipinski definition) is 5. The van der Waals surface area contributed by atoms with E-state index in [9.17, 15) is 9.59 Å². The van der Waals surface area contributed by atoms with Gasteiger partial charge >= 0.3 is 11.9 Å². The second kappa shape index (κ2) is 6.30. The molecule has 94 valence electrons. The minimum absolute atomic E-state index is 0.217. The molecule has 0 heterocycles. The number of anilines is 1. The number of hydrogen-bond donors (Lipinski definition) is 1. The lowest BCUT2D eigenvalue weighted by Gasteiger charge is -2.03. The van der Waals surface area contributed by atoms with Gasteiger partial charge < -0.3 is 15.2 Å². The highest BCUT2D eigenvalue weighted by atomic mass is 16.5. The van der Waals surface area contributed by atoms with Crippen LogP contribution < -0.4 is 5.73 Å². The Kier molecular flexibility index (Phi) is 4.76. The van der Waals surface area contributed by atoms with Crippen molar-refractivity contribution in [2.45, 2.75) is 6.92 Å². The Bertz CT molecular complexity index is 526. The minimum atomic E-state index is -0.648. The number of esters is 2. The van der Waals surface area contributed by atoms with E-state index in [-0.39, 0.29) is 12.2 Å². The molecule has 0 aliphatic heterocycles. The molecule has 0 spiro atoms. The standard InChI is InChI=1S/C13H13NO4/c1-3-18-12(15)7-5-9-4-6-10(14)8-11(9)13(16)17-2/h4,6,8H,3,14H2,1-2H3. The molecule has 5 heteroatoms. The molecule has 0 atom stereocenters. The Balaban J connectivity index is 3.08. The predicted molar refractivity (Wildman–Crippen MR) is 65.7 cm³/mol. The van der Waals surface area contributed by atoms with E-state index in [4.69, 9.17) is 5.73 Å². The van der Waals surface area contributed by atoms with Gasteiger partial charge in [0.15, 0.2) is 0 Å². The minimum Gasteiger partial charge on any atom is -0.465 e. The van der Waals surface area contributed by atoms with Crippen LogP contribution >= 0.6 is 0 Å². The maximum absolute atomic E-state index is 11.5. The van der Waals surface area contributed by atoms with Gasteiger partial charge in [-0.1, -0.05) is 5.92 Å². The number of benzene rings is 1. The van der Waals surface area contributed by atoms with E-state index in [1.165, 1.54) is 13.2 Å². The van der Waals surface area contributed by atoms with Crippen molar-refractivity contribution in [3.8, 4) is 11.8 Å². The summed E-state index contributed by atoms with van der Waals surface area (Å²) in [7, 11) is 1.26. The molecule has 0 radical (unpaired) electrons. The molecule has 18 heavy (non-hydrogen) atoms. The highest BCUT2D eigenvalue weighted by molar-refractivity contribution is 5.95. The molecule has 0 aliphatic carbocycles. The topological polar surface area (TPSA) is 78.6 Å². The molecule has 1 aromatic carbocycles. The van der Waals surface area contributed by atoms with Gasteiger partial charge in [0, 0.05) is 17.2 Å². The lowest BCUT2D eigenvalue weighted by Crippen LogP contribution is -2.05. The lowest BCUT2D eigenvalue weighted by atomic mass is 10.1. The van der Waals surface area contributed by atoms with Crippen LogP contribution in [0, 0.1) is 11.8 Å². The molecule has 0 saturated carbocycles. The van der Waals surface area contributed by atoms with Gasteiger partial charge in [-0.2, -0.15) is 0 Å². The van der Waals surface area contributed by atoms with Crippen LogP contribution in [0.2, 0.25) is 0 Å². The van der Waals surface area contributed by atoms with Crippen LogP contribution in [0.5, 0.6) is 0 Å². The van der Waals surface area contributed by atoms with Crippen molar-refractivity contribution in [2.75, 3.05) is 19.5 Å².